The molecule has 0 radical (unpaired) electrons. The van der Waals surface area contributed by atoms with Crippen molar-refractivity contribution in [1.29, 1.82) is 0 Å². The molecular formula is C20H21NO3S2. The third-order valence-electron chi connectivity index (χ3n) is 3.99. The molecule has 26 heavy (non-hydrogen) atoms. The molecule has 0 aliphatic rings. The Morgan fingerprint density at radius 1 is 1.08 bits per heavy atom. The highest BCUT2D eigenvalue weighted by molar-refractivity contribution is 7.99. The lowest BCUT2D eigenvalue weighted by molar-refractivity contribution is 0.415. The maximum atomic E-state index is 11.3. The molecule has 1 aromatic heterocycles. The average Bonchev–Trinajstić information content (AvgIpc) is 2.64. The summed E-state index contributed by atoms with van der Waals surface area (Å²) in [5, 5.41) is 1.95. The SMILES string of the molecule is COc1ccc2c(-c3ccccc3)cc(SCCCS(C)(=O)=O)nc2c1. The Balaban J connectivity index is 1.96. The molecule has 0 bridgehead atoms. The smallest absolute Gasteiger partial charge is 0.147 e. The highest BCUT2D eigenvalue weighted by Gasteiger charge is 2.10. The second kappa shape index (κ2) is 8.10. The van der Waals surface area contributed by atoms with Crippen molar-refractivity contribution in [3.8, 4) is 16.9 Å². The van der Waals surface area contributed by atoms with Gasteiger partial charge >= 0.3 is 0 Å². The van der Waals surface area contributed by atoms with Crippen LogP contribution in [-0.4, -0.2) is 38.3 Å². The molecule has 2 aromatic carbocycles. The third-order valence-corrected chi connectivity index (χ3v) is 6.02. The van der Waals surface area contributed by atoms with Gasteiger partial charge in [0.2, 0.25) is 0 Å². The molecule has 1 heterocycles. The van der Waals surface area contributed by atoms with E-state index in [9.17, 15) is 8.42 Å². The highest BCUT2D eigenvalue weighted by atomic mass is 32.2. The Kier molecular flexibility index (Phi) is 5.84. The van der Waals surface area contributed by atoms with Crippen LogP contribution in [0.5, 0.6) is 5.75 Å². The van der Waals surface area contributed by atoms with Crippen LogP contribution < -0.4 is 4.74 Å². The van der Waals surface area contributed by atoms with Crippen molar-refractivity contribution >= 4 is 32.5 Å². The lowest BCUT2D eigenvalue weighted by atomic mass is 10.0. The summed E-state index contributed by atoms with van der Waals surface area (Å²) in [5.41, 5.74) is 3.11. The van der Waals surface area contributed by atoms with Gasteiger partial charge in [0.15, 0.2) is 0 Å². The molecule has 4 nitrogen and oxygen atoms in total. The maximum Gasteiger partial charge on any atom is 0.147 e. The van der Waals surface area contributed by atoms with Crippen LogP contribution >= 0.6 is 11.8 Å². The summed E-state index contributed by atoms with van der Waals surface area (Å²) in [6.45, 7) is 0. The fourth-order valence-electron chi connectivity index (χ4n) is 2.74. The first-order chi connectivity index (χ1) is 12.5. The largest absolute Gasteiger partial charge is 0.497 e. The standard InChI is InChI=1S/C20H21NO3S2/c1-24-16-9-10-17-18(15-7-4-3-5-8-15)14-20(21-19(17)13-16)25-11-6-12-26(2,22)23/h3-5,7-10,13-14H,6,11-12H2,1-2H3. The van der Waals surface area contributed by atoms with Crippen LogP contribution in [-0.2, 0) is 9.84 Å². The van der Waals surface area contributed by atoms with E-state index in [0.29, 0.717) is 12.2 Å². The van der Waals surface area contributed by atoms with E-state index in [4.69, 9.17) is 9.72 Å². The van der Waals surface area contributed by atoms with Gasteiger partial charge in [-0.3, -0.25) is 0 Å². The number of nitrogens with zero attached hydrogens (tertiary/aromatic N) is 1. The molecule has 0 aliphatic carbocycles. The van der Waals surface area contributed by atoms with E-state index in [0.717, 1.165) is 32.8 Å². The predicted octanol–water partition coefficient (Wildman–Crippen LogP) is 4.44. The molecular weight excluding hydrogens is 366 g/mol. The summed E-state index contributed by atoms with van der Waals surface area (Å²) in [6, 6.07) is 18.2. The fourth-order valence-corrected chi connectivity index (χ4v) is 4.45. The molecule has 3 rings (SSSR count). The zero-order valence-electron chi connectivity index (χ0n) is 14.8. The quantitative estimate of drug-likeness (QED) is 0.443. The highest BCUT2D eigenvalue weighted by Crippen LogP contribution is 2.33. The van der Waals surface area contributed by atoms with Gasteiger partial charge in [0.1, 0.15) is 15.6 Å². The van der Waals surface area contributed by atoms with Crippen molar-refractivity contribution in [1.82, 2.24) is 4.98 Å². The van der Waals surface area contributed by atoms with Gasteiger partial charge in [-0.25, -0.2) is 13.4 Å². The Hall–Kier alpha value is -2.05. The summed E-state index contributed by atoms with van der Waals surface area (Å²) in [6.07, 6.45) is 1.88. The maximum absolute atomic E-state index is 11.3. The molecule has 0 N–H and O–H groups in total. The second-order valence-corrected chi connectivity index (χ2v) is 9.46. The minimum atomic E-state index is -2.92. The number of pyridine rings is 1. The molecule has 3 aromatic rings. The van der Waals surface area contributed by atoms with E-state index < -0.39 is 9.84 Å². The van der Waals surface area contributed by atoms with E-state index in [1.54, 1.807) is 18.9 Å². The zero-order chi connectivity index (χ0) is 18.6. The van der Waals surface area contributed by atoms with Gasteiger partial charge in [-0.1, -0.05) is 30.3 Å². The minimum Gasteiger partial charge on any atom is -0.497 e. The van der Waals surface area contributed by atoms with Gasteiger partial charge in [0, 0.05) is 23.5 Å². The van der Waals surface area contributed by atoms with E-state index in [-0.39, 0.29) is 5.75 Å². The Morgan fingerprint density at radius 2 is 1.85 bits per heavy atom. The first kappa shape index (κ1) is 18.7. The van der Waals surface area contributed by atoms with Gasteiger partial charge in [0.25, 0.3) is 0 Å². The molecule has 0 saturated heterocycles. The van der Waals surface area contributed by atoms with E-state index in [2.05, 4.69) is 18.2 Å². The molecule has 0 amide bonds. The van der Waals surface area contributed by atoms with Crippen LogP contribution in [0.1, 0.15) is 6.42 Å². The fraction of sp³-hybridized carbons (Fsp3) is 0.250. The topological polar surface area (TPSA) is 56.3 Å². The number of benzene rings is 2. The lowest BCUT2D eigenvalue weighted by Crippen LogP contribution is -2.03. The van der Waals surface area contributed by atoms with Crippen molar-refractivity contribution in [2.75, 3.05) is 24.9 Å². The Labute approximate surface area is 158 Å². The first-order valence-corrected chi connectivity index (χ1v) is 11.4. The van der Waals surface area contributed by atoms with Gasteiger partial charge < -0.3 is 4.74 Å². The Bertz CT molecular complexity index is 1000. The normalized spacial score (nSPS) is 11.6. The number of hydrogen-bond donors (Lipinski definition) is 0. The van der Waals surface area contributed by atoms with Crippen molar-refractivity contribution in [2.45, 2.75) is 11.4 Å². The summed E-state index contributed by atoms with van der Waals surface area (Å²) in [7, 11) is -1.28. The number of methoxy groups -OCH3 is 1. The monoisotopic (exact) mass is 387 g/mol. The molecule has 0 unspecified atom stereocenters. The number of sulfone groups is 1. The first-order valence-electron chi connectivity index (χ1n) is 8.31. The van der Waals surface area contributed by atoms with E-state index in [1.165, 1.54) is 6.26 Å². The molecule has 0 fully saturated rings. The van der Waals surface area contributed by atoms with Gasteiger partial charge in [-0.05, 0) is 35.7 Å². The number of fused-ring (bicyclic) bond motifs is 1. The molecule has 0 aliphatic heterocycles. The van der Waals surface area contributed by atoms with Crippen LogP contribution in [0.2, 0.25) is 0 Å². The van der Waals surface area contributed by atoms with Crippen molar-refractivity contribution in [2.24, 2.45) is 0 Å². The van der Waals surface area contributed by atoms with Gasteiger partial charge in [-0.15, -0.1) is 11.8 Å². The zero-order valence-corrected chi connectivity index (χ0v) is 16.4. The second-order valence-electron chi connectivity index (χ2n) is 6.09. The molecule has 0 saturated carbocycles. The van der Waals surface area contributed by atoms with E-state index >= 15 is 0 Å². The molecule has 0 spiro atoms. The van der Waals surface area contributed by atoms with Crippen LogP contribution in [0.3, 0.4) is 0 Å². The summed E-state index contributed by atoms with van der Waals surface area (Å²) < 4.78 is 27.9. The van der Waals surface area contributed by atoms with Gasteiger partial charge in [0.05, 0.1) is 23.4 Å². The van der Waals surface area contributed by atoms with E-state index in [1.807, 2.05) is 36.4 Å². The number of ether oxygens (including phenoxy) is 1. The summed E-state index contributed by atoms with van der Waals surface area (Å²) >= 11 is 1.58. The molecule has 0 atom stereocenters. The van der Waals surface area contributed by atoms with Crippen LogP contribution in [0.4, 0.5) is 0 Å². The van der Waals surface area contributed by atoms with Crippen molar-refractivity contribution in [3.63, 3.8) is 0 Å². The number of rotatable bonds is 7. The van der Waals surface area contributed by atoms with Crippen molar-refractivity contribution < 1.29 is 13.2 Å². The van der Waals surface area contributed by atoms with Crippen LogP contribution in [0, 0.1) is 0 Å². The van der Waals surface area contributed by atoms with Crippen LogP contribution in [0.25, 0.3) is 22.0 Å². The van der Waals surface area contributed by atoms with Crippen LogP contribution in [0.15, 0.2) is 59.6 Å². The Morgan fingerprint density at radius 3 is 2.54 bits per heavy atom. The third kappa shape index (κ3) is 4.77. The summed E-state index contributed by atoms with van der Waals surface area (Å²) in [5.74, 6) is 1.68. The predicted molar refractivity (Wildman–Crippen MR) is 109 cm³/mol. The van der Waals surface area contributed by atoms with Crippen molar-refractivity contribution in [3.05, 3.63) is 54.6 Å². The number of thioether (sulfide) groups is 1. The minimum absolute atomic E-state index is 0.201. The van der Waals surface area contributed by atoms with Gasteiger partial charge in [-0.2, -0.15) is 0 Å². The number of aromatic nitrogens is 1. The summed E-state index contributed by atoms with van der Waals surface area (Å²) in [4.78, 5) is 4.74. The number of hydrogen-bond acceptors (Lipinski definition) is 5. The average molecular weight is 388 g/mol. The molecule has 6 heteroatoms. The lowest BCUT2D eigenvalue weighted by Gasteiger charge is -2.11. The molecule has 136 valence electrons.